The molecule has 0 fully saturated rings. The molecule has 2 aromatic rings. The normalized spacial score (nSPS) is 10.4. The minimum atomic E-state index is -0.999. The third-order valence-electron chi connectivity index (χ3n) is 2.62. The van der Waals surface area contributed by atoms with Gasteiger partial charge in [0.1, 0.15) is 17.1 Å². The van der Waals surface area contributed by atoms with Crippen molar-refractivity contribution in [2.24, 2.45) is 0 Å². The van der Waals surface area contributed by atoms with Crippen molar-refractivity contribution in [3.05, 3.63) is 36.1 Å². The van der Waals surface area contributed by atoms with Gasteiger partial charge in [-0.05, 0) is 30.0 Å². The molecule has 0 bridgehead atoms. The van der Waals surface area contributed by atoms with E-state index in [2.05, 4.69) is 0 Å². The summed E-state index contributed by atoms with van der Waals surface area (Å²) in [7, 11) is 1.46. The quantitative estimate of drug-likeness (QED) is 0.844. The smallest absolute Gasteiger partial charge is 0.339 e. The SMILES string of the molecule is CCSc1cc(C(=O)O)c(OC)cc1-c1ccco1. The van der Waals surface area contributed by atoms with E-state index >= 15 is 0 Å². The number of ether oxygens (including phenoxy) is 1. The van der Waals surface area contributed by atoms with Crippen molar-refractivity contribution in [3.8, 4) is 17.1 Å². The van der Waals surface area contributed by atoms with Crippen LogP contribution in [0.1, 0.15) is 17.3 Å². The van der Waals surface area contributed by atoms with E-state index in [1.807, 2.05) is 13.0 Å². The molecule has 0 unspecified atom stereocenters. The Bertz CT molecular complexity index is 575. The summed E-state index contributed by atoms with van der Waals surface area (Å²) >= 11 is 1.57. The van der Waals surface area contributed by atoms with Crippen molar-refractivity contribution >= 4 is 17.7 Å². The highest BCUT2D eigenvalue weighted by Gasteiger charge is 2.17. The minimum absolute atomic E-state index is 0.161. The van der Waals surface area contributed by atoms with Gasteiger partial charge in [-0.15, -0.1) is 11.8 Å². The van der Waals surface area contributed by atoms with Crippen molar-refractivity contribution in [1.29, 1.82) is 0 Å². The van der Waals surface area contributed by atoms with E-state index in [1.165, 1.54) is 7.11 Å². The number of thioether (sulfide) groups is 1. The predicted octanol–water partition coefficient (Wildman–Crippen LogP) is 3.77. The molecule has 1 aromatic heterocycles. The minimum Gasteiger partial charge on any atom is -0.496 e. The Labute approximate surface area is 115 Å². The topological polar surface area (TPSA) is 59.7 Å². The Morgan fingerprint density at radius 1 is 1.47 bits per heavy atom. The van der Waals surface area contributed by atoms with Crippen LogP contribution in [0.4, 0.5) is 0 Å². The van der Waals surface area contributed by atoms with Crippen LogP contribution in [0, 0.1) is 0 Å². The van der Waals surface area contributed by atoms with E-state index in [0.29, 0.717) is 11.5 Å². The maximum atomic E-state index is 11.2. The summed E-state index contributed by atoms with van der Waals surface area (Å²) in [6, 6.07) is 6.98. The van der Waals surface area contributed by atoms with E-state index in [4.69, 9.17) is 9.15 Å². The van der Waals surface area contributed by atoms with Gasteiger partial charge in [0.05, 0.1) is 13.4 Å². The zero-order valence-corrected chi connectivity index (χ0v) is 11.5. The van der Waals surface area contributed by atoms with E-state index in [-0.39, 0.29) is 5.56 Å². The highest BCUT2D eigenvalue weighted by molar-refractivity contribution is 7.99. The van der Waals surface area contributed by atoms with E-state index < -0.39 is 5.97 Å². The highest BCUT2D eigenvalue weighted by Crippen LogP contribution is 2.37. The Morgan fingerprint density at radius 2 is 2.26 bits per heavy atom. The van der Waals surface area contributed by atoms with E-state index in [0.717, 1.165) is 16.2 Å². The summed E-state index contributed by atoms with van der Waals surface area (Å²) in [5.41, 5.74) is 1.01. The molecule has 0 radical (unpaired) electrons. The first kappa shape index (κ1) is 13.5. The molecule has 0 atom stereocenters. The molecule has 1 heterocycles. The number of hydrogen-bond donors (Lipinski definition) is 1. The summed E-state index contributed by atoms with van der Waals surface area (Å²) in [6.45, 7) is 2.02. The molecular formula is C14H14O4S. The standard InChI is InChI=1S/C14H14O4S/c1-3-19-13-8-10(14(15)16)12(17-2)7-9(13)11-5-4-6-18-11/h4-8H,3H2,1-2H3,(H,15,16). The predicted molar refractivity (Wildman–Crippen MR) is 74.1 cm³/mol. The number of carbonyl (C=O) groups is 1. The van der Waals surface area contributed by atoms with Gasteiger partial charge in [0.25, 0.3) is 0 Å². The first-order valence-corrected chi connectivity index (χ1v) is 6.78. The fourth-order valence-corrected chi connectivity index (χ4v) is 2.62. The number of carboxylic acid groups (broad SMARTS) is 1. The summed E-state index contributed by atoms with van der Waals surface area (Å²) in [5, 5.41) is 9.20. The fraction of sp³-hybridized carbons (Fsp3) is 0.214. The summed E-state index contributed by atoms with van der Waals surface area (Å²) < 4.78 is 10.5. The lowest BCUT2D eigenvalue weighted by atomic mass is 10.1. The van der Waals surface area contributed by atoms with Crippen LogP contribution in [0.2, 0.25) is 0 Å². The average molecular weight is 278 g/mol. The lowest BCUT2D eigenvalue weighted by Crippen LogP contribution is -2.01. The monoisotopic (exact) mass is 278 g/mol. The number of methoxy groups -OCH3 is 1. The number of aromatic carboxylic acids is 1. The van der Waals surface area contributed by atoms with Crippen molar-refractivity contribution < 1.29 is 19.1 Å². The second-order valence-corrected chi connectivity index (χ2v) is 5.07. The zero-order chi connectivity index (χ0) is 13.8. The number of carboxylic acids is 1. The molecular weight excluding hydrogens is 264 g/mol. The fourth-order valence-electron chi connectivity index (χ4n) is 1.80. The first-order valence-electron chi connectivity index (χ1n) is 5.79. The molecule has 0 aliphatic heterocycles. The van der Waals surface area contributed by atoms with Gasteiger partial charge in [-0.3, -0.25) is 0 Å². The van der Waals surface area contributed by atoms with Gasteiger partial charge in [0.2, 0.25) is 0 Å². The number of rotatable bonds is 5. The van der Waals surface area contributed by atoms with Crippen molar-refractivity contribution in [2.75, 3.05) is 12.9 Å². The Kier molecular flexibility index (Phi) is 4.16. The molecule has 0 saturated heterocycles. The number of furan rings is 1. The molecule has 0 saturated carbocycles. The molecule has 19 heavy (non-hydrogen) atoms. The molecule has 0 aliphatic rings. The summed E-state index contributed by atoms with van der Waals surface area (Å²) in [4.78, 5) is 12.1. The largest absolute Gasteiger partial charge is 0.496 e. The van der Waals surface area contributed by atoms with Gasteiger partial charge in [-0.25, -0.2) is 4.79 Å². The van der Waals surface area contributed by atoms with Gasteiger partial charge in [0, 0.05) is 10.5 Å². The molecule has 2 rings (SSSR count). The van der Waals surface area contributed by atoms with Crippen LogP contribution < -0.4 is 4.74 Å². The molecule has 0 spiro atoms. The molecule has 1 N–H and O–H groups in total. The molecule has 4 nitrogen and oxygen atoms in total. The third kappa shape index (κ3) is 2.76. The second kappa shape index (κ2) is 5.84. The van der Waals surface area contributed by atoms with Crippen LogP contribution in [0.3, 0.4) is 0 Å². The van der Waals surface area contributed by atoms with Crippen LogP contribution in [0.5, 0.6) is 5.75 Å². The van der Waals surface area contributed by atoms with Crippen molar-refractivity contribution in [3.63, 3.8) is 0 Å². The zero-order valence-electron chi connectivity index (χ0n) is 10.7. The first-order chi connectivity index (χ1) is 9.17. The van der Waals surface area contributed by atoms with Gasteiger partial charge in [0.15, 0.2) is 0 Å². The number of benzene rings is 1. The maximum Gasteiger partial charge on any atom is 0.339 e. The molecule has 5 heteroatoms. The Balaban J connectivity index is 2.61. The van der Waals surface area contributed by atoms with Crippen LogP contribution in [0.15, 0.2) is 39.8 Å². The van der Waals surface area contributed by atoms with Gasteiger partial charge < -0.3 is 14.3 Å². The third-order valence-corrected chi connectivity index (χ3v) is 3.56. The second-order valence-electron chi connectivity index (χ2n) is 3.76. The Hall–Kier alpha value is -1.88. The van der Waals surface area contributed by atoms with Gasteiger partial charge >= 0.3 is 5.97 Å². The maximum absolute atomic E-state index is 11.2. The molecule has 1 aromatic carbocycles. The van der Waals surface area contributed by atoms with Gasteiger partial charge in [-0.1, -0.05) is 6.92 Å². The lowest BCUT2D eigenvalue weighted by molar-refractivity contribution is 0.0693. The van der Waals surface area contributed by atoms with Crippen molar-refractivity contribution in [1.82, 2.24) is 0 Å². The van der Waals surface area contributed by atoms with Crippen LogP contribution >= 0.6 is 11.8 Å². The lowest BCUT2D eigenvalue weighted by Gasteiger charge is -2.11. The molecule has 0 amide bonds. The molecule has 100 valence electrons. The Morgan fingerprint density at radius 3 is 2.79 bits per heavy atom. The highest BCUT2D eigenvalue weighted by atomic mass is 32.2. The van der Waals surface area contributed by atoms with Gasteiger partial charge in [-0.2, -0.15) is 0 Å². The van der Waals surface area contributed by atoms with E-state index in [9.17, 15) is 9.90 Å². The summed E-state index contributed by atoms with van der Waals surface area (Å²) in [6.07, 6.45) is 1.59. The molecule has 0 aliphatic carbocycles. The summed E-state index contributed by atoms with van der Waals surface area (Å²) in [5.74, 6) is 0.880. The number of hydrogen-bond acceptors (Lipinski definition) is 4. The van der Waals surface area contributed by atoms with Crippen molar-refractivity contribution in [2.45, 2.75) is 11.8 Å². The van der Waals surface area contributed by atoms with Crippen LogP contribution in [-0.2, 0) is 0 Å². The van der Waals surface area contributed by atoms with Crippen LogP contribution in [0.25, 0.3) is 11.3 Å². The van der Waals surface area contributed by atoms with E-state index in [1.54, 1.807) is 36.2 Å². The average Bonchev–Trinajstić information content (AvgIpc) is 2.92. The van der Waals surface area contributed by atoms with Crippen LogP contribution in [-0.4, -0.2) is 23.9 Å².